The summed E-state index contributed by atoms with van der Waals surface area (Å²) >= 11 is 7.47. The van der Waals surface area contributed by atoms with E-state index in [1.54, 1.807) is 30.2 Å². The van der Waals surface area contributed by atoms with Gasteiger partial charge in [-0.1, -0.05) is 23.7 Å². The van der Waals surface area contributed by atoms with Gasteiger partial charge in [-0.3, -0.25) is 9.78 Å². The first-order valence-corrected chi connectivity index (χ1v) is 16.4. The molecule has 2 aromatic heterocycles. The molecule has 46 heavy (non-hydrogen) atoms. The van der Waals surface area contributed by atoms with Gasteiger partial charge in [0.1, 0.15) is 27.9 Å². The van der Waals surface area contributed by atoms with Gasteiger partial charge < -0.3 is 19.3 Å². The summed E-state index contributed by atoms with van der Waals surface area (Å²) in [4.78, 5) is 35.0. The predicted octanol–water partition coefficient (Wildman–Crippen LogP) is 9.03. The molecule has 7 nitrogen and oxygen atoms in total. The second-order valence-electron chi connectivity index (χ2n) is 12.7. The van der Waals surface area contributed by atoms with Crippen molar-refractivity contribution >= 4 is 45.0 Å². The number of ether oxygens (including phenoxy) is 2. The fourth-order valence-corrected chi connectivity index (χ4v) is 7.38. The van der Waals surface area contributed by atoms with E-state index in [-0.39, 0.29) is 38.6 Å². The molecule has 5 rings (SSSR count). The topological polar surface area (TPSA) is 72.0 Å². The van der Waals surface area contributed by atoms with Crippen LogP contribution in [0.5, 0.6) is 5.75 Å². The van der Waals surface area contributed by atoms with Crippen molar-refractivity contribution in [2.24, 2.45) is 0 Å². The van der Waals surface area contributed by atoms with Crippen LogP contribution in [0.2, 0.25) is 5.02 Å². The summed E-state index contributed by atoms with van der Waals surface area (Å²) in [5.74, 6) is -1.14. The lowest BCUT2D eigenvalue weighted by Crippen LogP contribution is -2.47. The van der Waals surface area contributed by atoms with E-state index in [2.05, 4.69) is 4.98 Å². The number of carbonyl (C=O) groups is 2. The zero-order valence-electron chi connectivity index (χ0n) is 26.8. The number of methoxy groups -OCH3 is 1. The molecule has 0 spiro atoms. The molecule has 1 fully saturated rings. The molecule has 1 aliphatic carbocycles. The fraction of sp³-hybridized carbons (Fsp3) is 0.400. The third-order valence-corrected chi connectivity index (χ3v) is 10.0. The molecule has 4 aromatic rings. The highest BCUT2D eigenvalue weighted by Gasteiger charge is 2.35. The Morgan fingerprint density at radius 1 is 1.00 bits per heavy atom. The Labute approximate surface area is 277 Å². The van der Waals surface area contributed by atoms with Crippen molar-refractivity contribution in [2.75, 3.05) is 14.2 Å². The van der Waals surface area contributed by atoms with Crippen LogP contribution < -0.4 is 4.74 Å². The Morgan fingerprint density at radius 3 is 2.26 bits per heavy atom. The summed E-state index contributed by atoms with van der Waals surface area (Å²) in [7, 11) is 3.31. The highest BCUT2D eigenvalue weighted by Crippen LogP contribution is 2.41. The molecule has 1 aliphatic rings. The molecule has 2 amide bonds. The maximum Gasteiger partial charge on any atom is 0.410 e. The van der Waals surface area contributed by atoms with Gasteiger partial charge in [0.05, 0.1) is 22.2 Å². The van der Waals surface area contributed by atoms with Crippen LogP contribution in [0.25, 0.3) is 21.2 Å². The van der Waals surface area contributed by atoms with Crippen molar-refractivity contribution in [1.29, 1.82) is 0 Å². The van der Waals surface area contributed by atoms with Gasteiger partial charge in [-0.05, 0) is 89.3 Å². The highest BCUT2D eigenvalue weighted by atomic mass is 35.5. The van der Waals surface area contributed by atoms with Gasteiger partial charge in [0.25, 0.3) is 5.91 Å². The minimum Gasteiger partial charge on any atom is -0.496 e. The summed E-state index contributed by atoms with van der Waals surface area (Å²) in [6.07, 6.45) is 3.88. The number of hydrogen-bond donors (Lipinski definition) is 0. The van der Waals surface area contributed by atoms with Crippen LogP contribution in [0, 0.1) is 18.6 Å². The zero-order chi connectivity index (χ0) is 33.3. The van der Waals surface area contributed by atoms with Crippen LogP contribution in [0.4, 0.5) is 13.6 Å². The summed E-state index contributed by atoms with van der Waals surface area (Å²) < 4.78 is 40.8. The molecular weight excluding hydrogens is 632 g/mol. The van der Waals surface area contributed by atoms with Crippen molar-refractivity contribution in [3.8, 4) is 16.9 Å². The number of nitrogens with zero attached hydrogens (tertiary/aromatic N) is 3. The fourth-order valence-electron chi connectivity index (χ4n) is 5.88. The molecule has 1 saturated carbocycles. The molecule has 0 radical (unpaired) electrons. The number of aromatic nitrogens is 1. The smallest absolute Gasteiger partial charge is 0.410 e. The van der Waals surface area contributed by atoms with E-state index < -0.39 is 29.2 Å². The Bertz CT molecular complexity index is 1750. The van der Waals surface area contributed by atoms with Gasteiger partial charge in [-0.2, -0.15) is 0 Å². The largest absolute Gasteiger partial charge is 0.496 e. The van der Waals surface area contributed by atoms with Crippen LogP contribution in [-0.4, -0.2) is 58.6 Å². The first-order valence-electron chi connectivity index (χ1n) is 15.2. The molecule has 0 atom stereocenters. The molecule has 11 heteroatoms. The molecule has 0 bridgehead atoms. The molecule has 0 aliphatic heterocycles. The van der Waals surface area contributed by atoms with E-state index in [1.165, 1.54) is 0 Å². The van der Waals surface area contributed by atoms with E-state index >= 15 is 0 Å². The second kappa shape index (κ2) is 13.5. The van der Waals surface area contributed by atoms with Gasteiger partial charge in [-0.25, -0.2) is 13.6 Å². The molecule has 0 N–H and O–H groups in total. The second-order valence-corrected chi connectivity index (χ2v) is 14.1. The lowest BCUT2D eigenvalue weighted by atomic mass is 9.89. The summed E-state index contributed by atoms with van der Waals surface area (Å²) in [5.41, 5.74) is 2.86. The predicted molar refractivity (Wildman–Crippen MR) is 178 cm³/mol. The van der Waals surface area contributed by atoms with E-state index in [0.717, 1.165) is 45.9 Å². The van der Waals surface area contributed by atoms with Crippen molar-refractivity contribution in [1.82, 2.24) is 14.8 Å². The first kappa shape index (κ1) is 33.6. The lowest BCUT2D eigenvalue weighted by molar-refractivity contribution is 0.0144. The standard InChI is InChI=1S/C35H38ClF2N3O4S/c1-20-7-8-22(18-39-20)21-9-16-28(44-6)23(17-21)19-41(25-12-10-24(11-13-25)40(5)34(43)45-35(2,3)4)33(42)32-30(36)29-26(37)14-15-27(38)31(29)46-32/h7-9,14-18,24-25H,10-13,19H2,1-6H3/t24-,25-. The number of pyridine rings is 1. The van der Waals surface area contributed by atoms with E-state index in [1.807, 2.05) is 58.0 Å². The molecule has 244 valence electrons. The lowest BCUT2D eigenvalue weighted by Gasteiger charge is -2.40. The number of carbonyl (C=O) groups excluding carboxylic acids is 2. The molecular formula is C35H38ClF2N3O4S. The third-order valence-electron chi connectivity index (χ3n) is 8.34. The van der Waals surface area contributed by atoms with Crippen molar-refractivity contribution < 1.29 is 27.8 Å². The van der Waals surface area contributed by atoms with Gasteiger partial charge >= 0.3 is 6.09 Å². The Morgan fingerprint density at radius 2 is 1.65 bits per heavy atom. The first-order chi connectivity index (χ1) is 21.8. The van der Waals surface area contributed by atoms with Crippen LogP contribution in [0.15, 0.2) is 48.7 Å². The van der Waals surface area contributed by atoms with E-state index in [4.69, 9.17) is 21.1 Å². The van der Waals surface area contributed by atoms with Gasteiger partial charge in [-0.15, -0.1) is 11.3 Å². The van der Waals surface area contributed by atoms with Gasteiger partial charge in [0.2, 0.25) is 0 Å². The molecule has 2 heterocycles. The maximum absolute atomic E-state index is 14.8. The van der Waals surface area contributed by atoms with Crippen molar-refractivity contribution in [2.45, 2.75) is 77.6 Å². The number of fused-ring (bicyclic) bond motifs is 1. The number of halogens is 3. The number of aryl methyl sites for hydroxylation is 1. The van der Waals surface area contributed by atoms with Crippen LogP contribution in [-0.2, 0) is 11.3 Å². The summed E-state index contributed by atoms with van der Waals surface area (Å²) in [5, 5.41) is -0.194. The number of rotatable bonds is 7. The van der Waals surface area contributed by atoms with Gasteiger partial charge in [0.15, 0.2) is 0 Å². The minimum atomic E-state index is -0.685. The van der Waals surface area contributed by atoms with Crippen molar-refractivity contribution in [3.05, 3.63) is 81.5 Å². The number of thiophene rings is 1. The zero-order valence-corrected chi connectivity index (χ0v) is 28.4. The molecule has 0 unspecified atom stereocenters. The van der Waals surface area contributed by atoms with Gasteiger partial charge in [0, 0.05) is 48.7 Å². The molecule has 2 aromatic carbocycles. The van der Waals surface area contributed by atoms with Crippen LogP contribution in [0.1, 0.15) is 67.4 Å². The van der Waals surface area contributed by atoms with E-state index in [0.29, 0.717) is 31.4 Å². The van der Waals surface area contributed by atoms with Crippen LogP contribution in [0.3, 0.4) is 0 Å². The SMILES string of the molecule is COc1ccc(-c2ccc(C)nc2)cc1CN(C(=O)c1sc2c(F)ccc(F)c2c1Cl)[C@H]1CC[C@H](N(C)C(=O)OC(C)(C)C)CC1. The average molecular weight is 670 g/mol. The van der Waals surface area contributed by atoms with Crippen LogP contribution >= 0.6 is 22.9 Å². The summed E-state index contributed by atoms with van der Waals surface area (Å²) in [6.45, 7) is 7.57. The summed E-state index contributed by atoms with van der Waals surface area (Å²) in [6, 6.07) is 11.4. The van der Waals surface area contributed by atoms with E-state index in [9.17, 15) is 18.4 Å². The monoisotopic (exact) mass is 669 g/mol. The minimum absolute atomic E-state index is 0.00226. The Balaban J connectivity index is 1.49. The number of benzene rings is 2. The Kier molecular flexibility index (Phi) is 9.89. The quantitative estimate of drug-likeness (QED) is 0.196. The normalized spacial score (nSPS) is 16.7. The van der Waals surface area contributed by atoms with Crippen molar-refractivity contribution in [3.63, 3.8) is 0 Å². The third kappa shape index (κ3) is 7.13. The highest BCUT2D eigenvalue weighted by molar-refractivity contribution is 7.21. The Hall–Kier alpha value is -3.76. The average Bonchev–Trinajstić information content (AvgIpc) is 3.38. The molecule has 0 saturated heterocycles. The number of amides is 2. The number of hydrogen-bond acceptors (Lipinski definition) is 6. The maximum atomic E-state index is 14.8.